The van der Waals surface area contributed by atoms with Crippen LogP contribution in [0.1, 0.15) is 18.9 Å². The second-order valence-corrected chi connectivity index (χ2v) is 6.56. The molecule has 1 fully saturated rings. The van der Waals surface area contributed by atoms with Crippen LogP contribution in [-0.4, -0.2) is 42.5 Å². The fourth-order valence-electron chi connectivity index (χ4n) is 2.35. The zero-order valence-corrected chi connectivity index (χ0v) is 14.9. The number of hydrogen-bond donors (Lipinski definition) is 3. The van der Waals surface area contributed by atoms with Gasteiger partial charge in [-0.1, -0.05) is 12.1 Å². The molecule has 0 saturated carbocycles. The van der Waals surface area contributed by atoms with Gasteiger partial charge >= 0.3 is 0 Å². The van der Waals surface area contributed by atoms with Gasteiger partial charge in [-0.3, -0.25) is 9.59 Å². The molecule has 0 radical (unpaired) electrons. The molecule has 1 saturated heterocycles. The van der Waals surface area contributed by atoms with E-state index >= 15 is 0 Å². The van der Waals surface area contributed by atoms with Crippen molar-refractivity contribution in [1.82, 2.24) is 10.6 Å². The third-order valence-electron chi connectivity index (χ3n) is 3.44. The number of halogens is 1. The lowest BCUT2D eigenvalue weighted by Crippen LogP contribution is -2.41. The molecule has 23 heavy (non-hydrogen) atoms. The molecule has 7 heteroatoms. The van der Waals surface area contributed by atoms with Crippen LogP contribution in [0.2, 0.25) is 0 Å². The van der Waals surface area contributed by atoms with Crippen molar-refractivity contribution in [2.24, 2.45) is 0 Å². The highest BCUT2D eigenvalue weighted by atomic mass is 35.5. The molecule has 0 bridgehead atoms. The lowest BCUT2D eigenvalue weighted by atomic mass is 10.1. The average molecular weight is 358 g/mol. The highest BCUT2D eigenvalue weighted by Gasteiger charge is 2.16. The van der Waals surface area contributed by atoms with Gasteiger partial charge in [0.25, 0.3) is 0 Å². The van der Waals surface area contributed by atoms with Crippen LogP contribution in [0, 0.1) is 0 Å². The van der Waals surface area contributed by atoms with Crippen molar-refractivity contribution in [3.63, 3.8) is 0 Å². The van der Waals surface area contributed by atoms with Crippen molar-refractivity contribution in [3.05, 3.63) is 29.8 Å². The second-order valence-electron chi connectivity index (χ2n) is 5.41. The maximum absolute atomic E-state index is 11.9. The van der Waals surface area contributed by atoms with E-state index in [-0.39, 0.29) is 24.2 Å². The first-order chi connectivity index (χ1) is 10.6. The number of carbonyl (C=O) groups excluding carboxylic acids is 2. The minimum absolute atomic E-state index is 0. The molecule has 1 aromatic carbocycles. The Balaban J connectivity index is 0.00000264. The van der Waals surface area contributed by atoms with Crippen molar-refractivity contribution in [3.8, 4) is 0 Å². The summed E-state index contributed by atoms with van der Waals surface area (Å²) < 4.78 is 0. The van der Waals surface area contributed by atoms with E-state index in [2.05, 4.69) is 16.0 Å². The molecular weight excluding hydrogens is 334 g/mol. The topological polar surface area (TPSA) is 70.2 Å². The fraction of sp³-hybridized carbons (Fsp3) is 0.500. The summed E-state index contributed by atoms with van der Waals surface area (Å²) in [5.74, 6) is 2.18. The summed E-state index contributed by atoms with van der Waals surface area (Å²) in [7, 11) is 0. The summed E-state index contributed by atoms with van der Waals surface area (Å²) in [5.41, 5.74) is 1.93. The second kappa shape index (κ2) is 10.5. The van der Waals surface area contributed by atoms with Gasteiger partial charge in [0.1, 0.15) is 0 Å². The zero-order valence-electron chi connectivity index (χ0n) is 13.3. The molecule has 2 amide bonds. The van der Waals surface area contributed by atoms with Crippen molar-refractivity contribution in [2.75, 3.05) is 29.9 Å². The molecule has 2 rings (SSSR count). The standard InChI is InChI=1S/C16H23N3O2S.ClH/c1-12(20)19-14-4-2-13(3-5-14)6-7-18-16(21)10-15-11-22-9-8-17-15;/h2-5,15,17H,6-11H2,1H3,(H,18,21)(H,19,20);1H. The van der Waals surface area contributed by atoms with Gasteiger partial charge in [0.2, 0.25) is 11.8 Å². The monoisotopic (exact) mass is 357 g/mol. The number of benzene rings is 1. The maximum Gasteiger partial charge on any atom is 0.221 e. The minimum Gasteiger partial charge on any atom is -0.356 e. The lowest BCUT2D eigenvalue weighted by molar-refractivity contribution is -0.121. The Morgan fingerprint density at radius 3 is 2.65 bits per heavy atom. The van der Waals surface area contributed by atoms with E-state index in [1.54, 1.807) is 0 Å². The summed E-state index contributed by atoms with van der Waals surface area (Å²) in [6.07, 6.45) is 1.34. The zero-order chi connectivity index (χ0) is 15.8. The third-order valence-corrected chi connectivity index (χ3v) is 4.57. The number of amides is 2. The van der Waals surface area contributed by atoms with Crippen LogP contribution in [0.4, 0.5) is 5.69 Å². The van der Waals surface area contributed by atoms with Crippen molar-refractivity contribution in [2.45, 2.75) is 25.8 Å². The van der Waals surface area contributed by atoms with Gasteiger partial charge in [0.15, 0.2) is 0 Å². The minimum atomic E-state index is -0.0745. The number of carbonyl (C=O) groups is 2. The van der Waals surface area contributed by atoms with Gasteiger partial charge in [-0.2, -0.15) is 11.8 Å². The first kappa shape index (κ1) is 19.8. The molecule has 1 aliphatic rings. The molecule has 3 N–H and O–H groups in total. The average Bonchev–Trinajstić information content (AvgIpc) is 2.49. The van der Waals surface area contributed by atoms with E-state index in [9.17, 15) is 9.59 Å². The highest BCUT2D eigenvalue weighted by molar-refractivity contribution is 7.99. The molecule has 1 aromatic rings. The number of rotatable bonds is 6. The summed E-state index contributed by atoms with van der Waals surface area (Å²) >= 11 is 1.90. The lowest BCUT2D eigenvalue weighted by Gasteiger charge is -2.22. The van der Waals surface area contributed by atoms with Crippen LogP contribution < -0.4 is 16.0 Å². The van der Waals surface area contributed by atoms with Gasteiger partial charge < -0.3 is 16.0 Å². The molecular formula is C16H24ClN3O2S. The van der Waals surface area contributed by atoms with Gasteiger partial charge in [-0.05, 0) is 24.1 Å². The SMILES string of the molecule is CC(=O)Nc1ccc(CCNC(=O)CC2CSCCN2)cc1.Cl. The molecule has 1 atom stereocenters. The van der Waals surface area contributed by atoms with E-state index in [0.717, 1.165) is 35.7 Å². The summed E-state index contributed by atoms with van der Waals surface area (Å²) in [5, 5.41) is 9.07. The largest absolute Gasteiger partial charge is 0.356 e. The Morgan fingerprint density at radius 2 is 2.04 bits per heavy atom. The van der Waals surface area contributed by atoms with E-state index in [0.29, 0.717) is 19.0 Å². The Bertz CT molecular complexity index is 505. The summed E-state index contributed by atoms with van der Waals surface area (Å²) in [6.45, 7) is 3.12. The third kappa shape index (κ3) is 7.72. The Hall–Kier alpha value is -1.24. The van der Waals surface area contributed by atoms with Crippen molar-refractivity contribution >= 4 is 41.7 Å². The van der Waals surface area contributed by atoms with Gasteiger partial charge in [0.05, 0.1) is 0 Å². The maximum atomic E-state index is 11.9. The summed E-state index contributed by atoms with van der Waals surface area (Å²) in [6, 6.07) is 7.99. The van der Waals surface area contributed by atoms with Gasteiger partial charge in [0, 0.05) is 49.7 Å². The summed E-state index contributed by atoms with van der Waals surface area (Å²) in [4.78, 5) is 22.8. The Morgan fingerprint density at radius 1 is 1.30 bits per heavy atom. The predicted octanol–water partition coefficient (Wildman–Crippen LogP) is 1.82. The van der Waals surface area contributed by atoms with Crippen molar-refractivity contribution < 1.29 is 9.59 Å². The van der Waals surface area contributed by atoms with Crippen LogP contribution in [0.3, 0.4) is 0 Å². The number of thioether (sulfide) groups is 1. The van der Waals surface area contributed by atoms with Crippen LogP contribution >= 0.6 is 24.2 Å². The number of nitrogens with one attached hydrogen (secondary N) is 3. The molecule has 1 aliphatic heterocycles. The first-order valence-electron chi connectivity index (χ1n) is 7.58. The number of anilines is 1. The van der Waals surface area contributed by atoms with Crippen LogP contribution in [0.25, 0.3) is 0 Å². The molecule has 128 valence electrons. The normalized spacial score (nSPS) is 17.0. The molecule has 0 aromatic heterocycles. The Labute approximate surface area is 147 Å². The predicted molar refractivity (Wildman–Crippen MR) is 98.4 cm³/mol. The van der Waals surface area contributed by atoms with Gasteiger partial charge in [-0.25, -0.2) is 0 Å². The van der Waals surface area contributed by atoms with E-state index in [1.165, 1.54) is 6.92 Å². The van der Waals surface area contributed by atoms with E-state index in [4.69, 9.17) is 0 Å². The quantitative estimate of drug-likeness (QED) is 0.726. The van der Waals surface area contributed by atoms with Crippen molar-refractivity contribution in [1.29, 1.82) is 0 Å². The van der Waals surface area contributed by atoms with Crippen LogP contribution in [0.5, 0.6) is 0 Å². The molecule has 1 heterocycles. The Kier molecular flexibility index (Phi) is 9.06. The molecule has 0 spiro atoms. The smallest absolute Gasteiger partial charge is 0.221 e. The van der Waals surface area contributed by atoms with Crippen LogP contribution in [-0.2, 0) is 16.0 Å². The number of hydrogen-bond acceptors (Lipinski definition) is 4. The fourth-order valence-corrected chi connectivity index (χ4v) is 3.30. The molecule has 1 unspecified atom stereocenters. The van der Waals surface area contributed by atoms with Crippen LogP contribution in [0.15, 0.2) is 24.3 Å². The first-order valence-corrected chi connectivity index (χ1v) is 8.73. The van der Waals surface area contributed by atoms with Gasteiger partial charge in [-0.15, -0.1) is 12.4 Å². The molecule has 0 aliphatic carbocycles. The van der Waals surface area contributed by atoms with E-state index in [1.807, 2.05) is 36.0 Å². The molecule has 5 nitrogen and oxygen atoms in total. The highest BCUT2D eigenvalue weighted by Crippen LogP contribution is 2.11. The van der Waals surface area contributed by atoms with E-state index < -0.39 is 0 Å².